The Morgan fingerprint density at radius 3 is 2.95 bits per heavy atom. The highest BCUT2D eigenvalue weighted by molar-refractivity contribution is 5.83. The zero-order valence-corrected chi connectivity index (χ0v) is 11.9. The normalized spacial score (nSPS) is 29.3. The van der Waals surface area contributed by atoms with Crippen LogP contribution in [0.5, 0.6) is 5.75 Å². The standard InChI is InChI=1S/C16H22N2O2/c1-16(7-2-3-14(16)17)15(20)18-8-6-11-4-5-13(19)9-12(11)10-18/h4-5,9,14,19H,2-3,6-8,10,17H2,1H3. The number of carbonyl (C=O) groups is 1. The molecule has 3 rings (SSSR count). The summed E-state index contributed by atoms with van der Waals surface area (Å²) in [4.78, 5) is 14.7. The van der Waals surface area contributed by atoms with Crippen LogP contribution in [-0.2, 0) is 17.8 Å². The minimum absolute atomic E-state index is 0.0272. The molecule has 2 unspecified atom stereocenters. The highest BCUT2D eigenvalue weighted by atomic mass is 16.3. The lowest BCUT2D eigenvalue weighted by Crippen LogP contribution is -2.50. The first-order chi connectivity index (χ1) is 9.50. The van der Waals surface area contributed by atoms with E-state index in [-0.39, 0.29) is 17.7 Å². The summed E-state index contributed by atoms with van der Waals surface area (Å²) in [5.41, 5.74) is 8.03. The van der Waals surface area contributed by atoms with E-state index < -0.39 is 5.41 Å². The Morgan fingerprint density at radius 2 is 2.25 bits per heavy atom. The van der Waals surface area contributed by atoms with Crippen LogP contribution in [0.25, 0.3) is 0 Å². The molecule has 1 aliphatic carbocycles. The Bertz CT molecular complexity index is 543. The molecular weight excluding hydrogens is 252 g/mol. The molecule has 2 aliphatic rings. The van der Waals surface area contributed by atoms with Gasteiger partial charge in [-0.15, -0.1) is 0 Å². The van der Waals surface area contributed by atoms with Crippen molar-refractivity contribution in [1.29, 1.82) is 0 Å². The van der Waals surface area contributed by atoms with Crippen LogP contribution in [0, 0.1) is 5.41 Å². The highest BCUT2D eigenvalue weighted by Gasteiger charge is 2.45. The second-order valence-electron chi connectivity index (χ2n) is 6.35. The van der Waals surface area contributed by atoms with Crippen LogP contribution in [0.1, 0.15) is 37.3 Å². The van der Waals surface area contributed by atoms with Crippen molar-refractivity contribution in [2.24, 2.45) is 11.1 Å². The van der Waals surface area contributed by atoms with E-state index in [9.17, 15) is 9.90 Å². The fraction of sp³-hybridized carbons (Fsp3) is 0.562. The molecule has 0 radical (unpaired) electrons. The summed E-state index contributed by atoms with van der Waals surface area (Å²) in [7, 11) is 0. The highest BCUT2D eigenvalue weighted by Crippen LogP contribution is 2.39. The summed E-state index contributed by atoms with van der Waals surface area (Å²) < 4.78 is 0. The van der Waals surface area contributed by atoms with Crippen molar-refractivity contribution in [3.05, 3.63) is 29.3 Å². The van der Waals surface area contributed by atoms with Gasteiger partial charge in [-0.05, 0) is 49.4 Å². The number of nitrogens with zero attached hydrogens (tertiary/aromatic N) is 1. The van der Waals surface area contributed by atoms with Gasteiger partial charge in [0.25, 0.3) is 0 Å². The molecule has 2 atom stereocenters. The molecule has 1 amide bonds. The molecule has 1 fully saturated rings. The summed E-state index contributed by atoms with van der Waals surface area (Å²) in [6.07, 6.45) is 3.71. The quantitative estimate of drug-likeness (QED) is 0.820. The summed E-state index contributed by atoms with van der Waals surface area (Å²) in [6, 6.07) is 5.41. The second kappa shape index (κ2) is 4.77. The second-order valence-corrected chi connectivity index (χ2v) is 6.35. The summed E-state index contributed by atoms with van der Waals surface area (Å²) in [5.74, 6) is 0.443. The fourth-order valence-corrected chi connectivity index (χ4v) is 3.54. The first-order valence-corrected chi connectivity index (χ1v) is 7.36. The van der Waals surface area contributed by atoms with Crippen LogP contribution in [0.2, 0.25) is 0 Å². The minimum Gasteiger partial charge on any atom is -0.508 e. The maximum atomic E-state index is 12.8. The average molecular weight is 274 g/mol. The van der Waals surface area contributed by atoms with Gasteiger partial charge in [0.2, 0.25) is 5.91 Å². The van der Waals surface area contributed by atoms with Crippen molar-refractivity contribution in [2.45, 2.75) is 45.2 Å². The van der Waals surface area contributed by atoms with E-state index in [4.69, 9.17) is 5.73 Å². The first kappa shape index (κ1) is 13.4. The Morgan fingerprint density at radius 1 is 1.45 bits per heavy atom. The number of amides is 1. The van der Waals surface area contributed by atoms with E-state index in [2.05, 4.69) is 0 Å². The molecule has 1 aromatic rings. The van der Waals surface area contributed by atoms with Crippen LogP contribution in [0.4, 0.5) is 0 Å². The van der Waals surface area contributed by atoms with E-state index in [0.717, 1.165) is 37.8 Å². The number of hydrogen-bond acceptors (Lipinski definition) is 3. The molecule has 3 N–H and O–H groups in total. The topological polar surface area (TPSA) is 66.6 Å². The van der Waals surface area contributed by atoms with Crippen molar-refractivity contribution < 1.29 is 9.90 Å². The maximum Gasteiger partial charge on any atom is 0.230 e. The van der Waals surface area contributed by atoms with Crippen LogP contribution in [0.3, 0.4) is 0 Å². The van der Waals surface area contributed by atoms with Crippen LogP contribution in [0.15, 0.2) is 18.2 Å². The third-order valence-electron chi connectivity index (χ3n) is 5.01. The zero-order valence-electron chi connectivity index (χ0n) is 11.9. The maximum absolute atomic E-state index is 12.8. The molecular formula is C16H22N2O2. The fourth-order valence-electron chi connectivity index (χ4n) is 3.54. The number of phenols is 1. The summed E-state index contributed by atoms with van der Waals surface area (Å²) in [6.45, 7) is 3.34. The monoisotopic (exact) mass is 274 g/mol. The van der Waals surface area contributed by atoms with Gasteiger partial charge in [0.05, 0.1) is 5.41 Å². The Hall–Kier alpha value is -1.55. The predicted octanol–water partition coefficient (Wildman–Crippen LogP) is 1.79. The molecule has 0 aromatic heterocycles. The number of aromatic hydroxyl groups is 1. The van der Waals surface area contributed by atoms with Crippen LogP contribution >= 0.6 is 0 Å². The van der Waals surface area contributed by atoms with Gasteiger partial charge in [-0.25, -0.2) is 0 Å². The minimum atomic E-state index is -0.408. The lowest BCUT2D eigenvalue weighted by atomic mass is 9.83. The van der Waals surface area contributed by atoms with E-state index in [1.54, 1.807) is 12.1 Å². The molecule has 0 spiro atoms. The van der Waals surface area contributed by atoms with Crippen molar-refractivity contribution >= 4 is 5.91 Å². The van der Waals surface area contributed by atoms with E-state index in [0.29, 0.717) is 6.54 Å². The van der Waals surface area contributed by atoms with E-state index in [1.807, 2.05) is 17.9 Å². The van der Waals surface area contributed by atoms with Crippen LogP contribution in [-0.4, -0.2) is 28.5 Å². The number of nitrogens with two attached hydrogens (primary N) is 1. The largest absolute Gasteiger partial charge is 0.508 e. The van der Waals surface area contributed by atoms with Gasteiger partial charge in [-0.1, -0.05) is 12.5 Å². The van der Waals surface area contributed by atoms with Gasteiger partial charge in [0.1, 0.15) is 5.75 Å². The average Bonchev–Trinajstić information content (AvgIpc) is 2.78. The number of carbonyl (C=O) groups excluding carboxylic acids is 1. The molecule has 4 nitrogen and oxygen atoms in total. The zero-order chi connectivity index (χ0) is 14.3. The molecule has 20 heavy (non-hydrogen) atoms. The molecule has 1 aromatic carbocycles. The van der Waals surface area contributed by atoms with Crippen molar-refractivity contribution in [3.63, 3.8) is 0 Å². The van der Waals surface area contributed by atoms with Crippen molar-refractivity contribution in [1.82, 2.24) is 4.90 Å². The van der Waals surface area contributed by atoms with Crippen molar-refractivity contribution in [3.8, 4) is 5.75 Å². The number of benzene rings is 1. The molecule has 0 bridgehead atoms. The first-order valence-electron chi connectivity index (χ1n) is 7.36. The number of rotatable bonds is 1. The van der Waals surface area contributed by atoms with Gasteiger partial charge < -0.3 is 15.7 Å². The molecule has 4 heteroatoms. The lowest BCUT2D eigenvalue weighted by molar-refractivity contribution is -0.142. The van der Waals surface area contributed by atoms with Crippen LogP contribution < -0.4 is 5.73 Å². The van der Waals surface area contributed by atoms with Crippen molar-refractivity contribution in [2.75, 3.05) is 6.54 Å². The van der Waals surface area contributed by atoms with E-state index in [1.165, 1.54) is 5.56 Å². The molecule has 1 saturated carbocycles. The third-order valence-corrected chi connectivity index (χ3v) is 5.01. The van der Waals surface area contributed by atoms with Gasteiger partial charge in [-0.3, -0.25) is 4.79 Å². The van der Waals surface area contributed by atoms with Gasteiger partial charge >= 0.3 is 0 Å². The predicted molar refractivity (Wildman–Crippen MR) is 77.2 cm³/mol. The Balaban J connectivity index is 1.81. The molecule has 108 valence electrons. The molecule has 1 aliphatic heterocycles. The van der Waals surface area contributed by atoms with Gasteiger partial charge in [0.15, 0.2) is 0 Å². The smallest absolute Gasteiger partial charge is 0.230 e. The summed E-state index contributed by atoms with van der Waals surface area (Å²) >= 11 is 0. The third kappa shape index (κ3) is 2.08. The molecule has 0 saturated heterocycles. The number of phenolic OH excluding ortho intramolecular Hbond substituents is 1. The summed E-state index contributed by atoms with van der Waals surface area (Å²) in [5, 5.41) is 9.59. The Labute approximate surface area is 119 Å². The number of fused-ring (bicyclic) bond motifs is 1. The SMILES string of the molecule is CC1(C(=O)N2CCc3ccc(O)cc3C2)CCCC1N. The van der Waals surface area contributed by atoms with Gasteiger partial charge in [0, 0.05) is 19.1 Å². The Kier molecular flexibility index (Phi) is 3.21. The van der Waals surface area contributed by atoms with Gasteiger partial charge in [-0.2, -0.15) is 0 Å². The van der Waals surface area contributed by atoms with E-state index >= 15 is 0 Å². The lowest BCUT2D eigenvalue weighted by Gasteiger charge is -2.37. The number of hydrogen-bond donors (Lipinski definition) is 2. The molecule has 1 heterocycles.